The first-order valence-electron chi connectivity index (χ1n) is 8.48. The molecule has 0 aromatic carbocycles. The summed E-state index contributed by atoms with van der Waals surface area (Å²) in [6.45, 7) is 3.86. The van der Waals surface area contributed by atoms with Crippen molar-refractivity contribution in [2.75, 3.05) is 33.2 Å². The van der Waals surface area contributed by atoms with E-state index < -0.39 is 5.97 Å². The predicted octanol–water partition coefficient (Wildman–Crippen LogP) is 1.10. The Balaban J connectivity index is 0.000000224. The van der Waals surface area contributed by atoms with E-state index in [1.807, 2.05) is 7.05 Å². The van der Waals surface area contributed by atoms with E-state index in [1.165, 1.54) is 12.8 Å². The van der Waals surface area contributed by atoms with Crippen LogP contribution in [-0.4, -0.2) is 61.2 Å². The summed E-state index contributed by atoms with van der Waals surface area (Å²) in [6, 6.07) is 0.521. The summed E-state index contributed by atoms with van der Waals surface area (Å²) < 4.78 is 0. The van der Waals surface area contributed by atoms with Gasteiger partial charge in [0, 0.05) is 12.0 Å². The van der Waals surface area contributed by atoms with E-state index in [1.54, 1.807) is 0 Å². The Hall–Kier alpha value is -0.850. The molecule has 3 fully saturated rings. The van der Waals surface area contributed by atoms with Crippen molar-refractivity contribution in [2.24, 2.45) is 11.8 Å². The van der Waals surface area contributed by atoms with Gasteiger partial charge in [-0.3, -0.25) is 9.59 Å². The first kappa shape index (κ1) is 20.2. The number of rotatable bonds is 3. The van der Waals surface area contributed by atoms with Gasteiger partial charge in [-0.15, -0.1) is 12.4 Å². The van der Waals surface area contributed by atoms with Gasteiger partial charge < -0.3 is 20.6 Å². The standard InChI is InChI=1S/C9H16N2O.C7H13NO2.ClH/c12-9(11-8-1-2-8)7-3-5-10-6-4-7;1-8-4-2-6(3-5-8)7(9)10;/h7-8,10H,1-6H2,(H,11,12);6H,2-5H2,1H3,(H,9,10);1H. The van der Waals surface area contributed by atoms with Gasteiger partial charge in [-0.2, -0.15) is 0 Å². The Morgan fingerprint density at radius 2 is 1.57 bits per heavy atom. The van der Waals surface area contributed by atoms with Crippen LogP contribution in [0.15, 0.2) is 0 Å². The zero-order valence-electron chi connectivity index (χ0n) is 13.9. The van der Waals surface area contributed by atoms with Gasteiger partial charge in [-0.25, -0.2) is 0 Å². The van der Waals surface area contributed by atoms with E-state index >= 15 is 0 Å². The van der Waals surface area contributed by atoms with Crippen molar-refractivity contribution in [3.05, 3.63) is 0 Å². The fraction of sp³-hybridized carbons (Fsp3) is 0.875. The van der Waals surface area contributed by atoms with Gasteiger partial charge in [0.1, 0.15) is 0 Å². The average molecular weight is 348 g/mol. The molecule has 1 aliphatic carbocycles. The molecule has 7 heteroatoms. The molecule has 0 unspecified atom stereocenters. The normalized spacial score (nSPS) is 23.2. The van der Waals surface area contributed by atoms with E-state index in [4.69, 9.17) is 5.11 Å². The van der Waals surface area contributed by atoms with Crippen LogP contribution in [0, 0.1) is 11.8 Å². The topological polar surface area (TPSA) is 81.7 Å². The highest BCUT2D eigenvalue weighted by atomic mass is 35.5. The molecule has 0 aromatic heterocycles. The molecular formula is C16H30ClN3O3. The summed E-state index contributed by atoms with van der Waals surface area (Å²) in [7, 11) is 2.03. The molecule has 2 saturated heterocycles. The quantitative estimate of drug-likeness (QED) is 0.712. The lowest BCUT2D eigenvalue weighted by atomic mass is 9.97. The zero-order chi connectivity index (χ0) is 15.9. The number of piperidine rings is 2. The summed E-state index contributed by atoms with van der Waals surface area (Å²) in [6.07, 6.45) is 6.03. The Morgan fingerprint density at radius 3 is 2.04 bits per heavy atom. The minimum atomic E-state index is -0.631. The van der Waals surface area contributed by atoms with Crippen LogP contribution in [0.25, 0.3) is 0 Å². The minimum absolute atomic E-state index is 0. The summed E-state index contributed by atoms with van der Waals surface area (Å²) in [5.41, 5.74) is 0. The fourth-order valence-corrected chi connectivity index (χ4v) is 2.89. The van der Waals surface area contributed by atoms with Crippen molar-refractivity contribution in [2.45, 2.75) is 44.6 Å². The Bertz CT molecular complexity index is 377. The van der Waals surface area contributed by atoms with Gasteiger partial charge >= 0.3 is 5.97 Å². The van der Waals surface area contributed by atoms with Crippen LogP contribution in [0.1, 0.15) is 38.5 Å². The molecular weight excluding hydrogens is 318 g/mol. The largest absolute Gasteiger partial charge is 0.481 e. The number of halogens is 1. The molecule has 0 aromatic rings. The van der Waals surface area contributed by atoms with Gasteiger partial charge in [0.05, 0.1) is 5.92 Å². The van der Waals surface area contributed by atoms with Gasteiger partial charge in [-0.1, -0.05) is 0 Å². The number of carbonyl (C=O) groups excluding carboxylic acids is 1. The highest BCUT2D eigenvalue weighted by Gasteiger charge is 2.28. The van der Waals surface area contributed by atoms with E-state index in [9.17, 15) is 9.59 Å². The van der Waals surface area contributed by atoms with E-state index in [0.717, 1.165) is 51.9 Å². The van der Waals surface area contributed by atoms with Gasteiger partial charge in [0.25, 0.3) is 0 Å². The number of nitrogens with one attached hydrogen (secondary N) is 2. The molecule has 2 aliphatic heterocycles. The molecule has 6 nitrogen and oxygen atoms in total. The number of hydrogen-bond donors (Lipinski definition) is 3. The lowest BCUT2D eigenvalue weighted by Gasteiger charge is -2.25. The second-order valence-electron chi connectivity index (χ2n) is 6.72. The molecule has 3 rings (SSSR count). The van der Waals surface area contributed by atoms with Crippen LogP contribution in [-0.2, 0) is 9.59 Å². The first-order chi connectivity index (χ1) is 10.6. The maximum atomic E-state index is 11.5. The smallest absolute Gasteiger partial charge is 0.306 e. The van der Waals surface area contributed by atoms with Crippen LogP contribution in [0.4, 0.5) is 0 Å². The van der Waals surface area contributed by atoms with Crippen molar-refractivity contribution in [1.29, 1.82) is 0 Å². The monoisotopic (exact) mass is 347 g/mol. The third kappa shape index (κ3) is 7.50. The molecule has 1 amide bonds. The number of carbonyl (C=O) groups is 2. The average Bonchev–Trinajstić information content (AvgIpc) is 3.33. The first-order valence-corrected chi connectivity index (χ1v) is 8.48. The predicted molar refractivity (Wildman–Crippen MR) is 91.9 cm³/mol. The van der Waals surface area contributed by atoms with Crippen molar-refractivity contribution >= 4 is 24.3 Å². The second kappa shape index (κ2) is 10.1. The lowest BCUT2D eigenvalue weighted by Crippen LogP contribution is -2.38. The van der Waals surface area contributed by atoms with Crippen molar-refractivity contribution in [1.82, 2.24) is 15.5 Å². The number of aliphatic carboxylic acids is 1. The molecule has 0 radical (unpaired) electrons. The van der Waals surface area contributed by atoms with Gasteiger partial charge in [-0.05, 0) is 71.8 Å². The Labute approximate surface area is 144 Å². The summed E-state index contributed by atoms with van der Waals surface area (Å²) in [5.74, 6) is -0.143. The molecule has 23 heavy (non-hydrogen) atoms. The van der Waals surface area contributed by atoms with E-state index in [-0.39, 0.29) is 24.2 Å². The maximum Gasteiger partial charge on any atom is 0.306 e. The Kier molecular flexibility index (Phi) is 8.87. The number of nitrogens with zero attached hydrogens (tertiary/aromatic N) is 1. The van der Waals surface area contributed by atoms with Crippen LogP contribution >= 0.6 is 12.4 Å². The molecule has 2 heterocycles. The van der Waals surface area contributed by atoms with Crippen LogP contribution in [0.3, 0.4) is 0 Å². The van der Waals surface area contributed by atoms with Crippen LogP contribution in [0.5, 0.6) is 0 Å². The van der Waals surface area contributed by atoms with E-state index in [2.05, 4.69) is 15.5 Å². The highest BCUT2D eigenvalue weighted by molar-refractivity contribution is 5.85. The van der Waals surface area contributed by atoms with Crippen LogP contribution < -0.4 is 10.6 Å². The zero-order valence-corrected chi connectivity index (χ0v) is 14.7. The molecule has 0 bridgehead atoms. The van der Waals surface area contributed by atoms with Crippen molar-refractivity contribution in [3.63, 3.8) is 0 Å². The molecule has 3 aliphatic rings. The SMILES string of the molecule is CN1CCC(C(=O)O)CC1.Cl.O=C(NC1CC1)C1CCNCC1. The summed E-state index contributed by atoms with van der Waals surface area (Å²) >= 11 is 0. The maximum absolute atomic E-state index is 11.5. The molecule has 1 saturated carbocycles. The van der Waals surface area contributed by atoms with Crippen LogP contribution in [0.2, 0.25) is 0 Å². The highest BCUT2D eigenvalue weighted by Crippen LogP contribution is 2.21. The van der Waals surface area contributed by atoms with Crippen molar-refractivity contribution in [3.8, 4) is 0 Å². The summed E-state index contributed by atoms with van der Waals surface area (Å²) in [5, 5.41) is 14.9. The third-order valence-corrected chi connectivity index (χ3v) is 4.70. The van der Waals surface area contributed by atoms with E-state index in [0.29, 0.717) is 11.9 Å². The number of likely N-dealkylation sites (tertiary alicyclic amines) is 1. The number of carboxylic acid groups (broad SMARTS) is 1. The Morgan fingerprint density at radius 1 is 1.00 bits per heavy atom. The molecule has 0 spiro atoms. The fourth-order valence-electron chi connectivity index (χ4n) is 2.89. The second-order valence-corrected chi connectivity index (χ2v) is 6.72. The number of carboxylic acids is 1. The third-order valence-electron chi connectivity index (χ3n) is 4.70. The van der Waals surface area contributed by atoms with Crippen molar-refractivity contribution < 1.29 is 14.7 Å². The molecule has 3 N–H and O–H groups in total. The molecule has 134 valence electrons. The summed E-state index contributed by atoms with van der Waals surface area (Å²) in [4.78, 5) is 24.1. The lowest BCUT2D eigenvalue weighted by molar-refractivity contribution is -0.143. The minimum Gasteiger partial charge on any atom is -0.481 e. The molecule has 0 atom stereocenters. The van der Waals surface area contributed by atoms with Gasteiger partial charge in [0.2, 0.25) is 5.91 Å². The van der Waals surface area contributed by atoms with Gasteiger partial charge in [0.15, 0.2) is 0 Å². The number of amides is 1. The number of hydrogen-bond acceptors (Lipinski definition) is 4.